The number of rotatable bonds is 3. The molecule has 0 bridgehead atoms. The summed E-state index contributed by atoms with van der Waals surface area (Å²) in [7, 11) is 0. The van der Waals surface area contributed by atoms with Gasteiger partial charge in [0.15, 0.2) is 6.17 Å². The molecule has 0 spiro atoms. The summed E-state index contributed by atoms with van der Waals surface area (Å²) in [6, 6.07) is 0.338. The first kappa shape index (κ1) is 12.2. The zero-order chi connectivity index (χ0) is 11.6. The Kier molecular flexibility index (Phi) is 3.89. The van der Waals surface area contributed by atoms with E-state index in [0.29, 0.717) is 0 Å². The van der Waals surface area contributed by atoms with Crippen LogP contribution in [0.4, 0.5) is 4.39 Å². The maximum Gasteiger partial charge on any atom is 0.258 e. The summed E-state index contributed by atoms with van der Waals surface area (Å²) >= 11 is 0. The van der Waals surface area contributed by atoms with Crippen molar-refractivity contribution in [2.75, 3.05) is 0 Å². The van der Waals surface area contributed by atoms with Gasteiger partial charge in [-0.15, -0.1) is 6.58 Å². The molecule has 0 saturated carbocycles. The molecule has 4 atom stereocenters. The monoisotopic (exact) mass is 213 g/mol. The lowest BCUT2D eigenvalue weighted by molar-refractivity contribution is -0.140. The van der Waals surface area contributed by atoms with Crippen LogP contribution in [0.5, 0.6) is 0 Å². The maximum absolute atomic E-state index is 13.7. The van der Waals surface area contributed by atoms with Crippen molar-refractivity contribution in [3.63, 3.8) is 0 Å². The molecule has 0 aromatic heterocycles. The van der Waals surface area contributed by atoms with E-state index in [1.54, 1.807) is 11.8 Å². The Morgan fingerprint density at radius 1 is 1.47 bits per heavy atom. The third-order valence-electron chi connectivity index (χ3n) is 3.28. The highest BCUT2D eigenvalue weighted by Crippen LogP contribution is 2.26. The van der Waals surface area contributed by atoms with Crippen LogP contribution in [0.1, 0.15) is 33.6 Å². The van der Waals surface area contributed by atoms with Crippen LogP contribution in [0.3, 0.4) is 0 Å². The van der Waals surface area contributed by atoms with Gasteiger partial charge in [0.25, 0.3) is 5.91 Å². The highest BCUT2D eigenvalue weighted by Gasteiger charge is 2.36. The molecule has 1 heterocycles. The second-order valence-electron chi connectivity index (χ2n) is 4.52. The molecule has 2 nitrogen and oxygen atoms in total. The summed E-state index contributed by atoms with van der Waals surface area (Å²) in [5.41, 5.74) is 0. The Labute approximate surface area is 91.1 Å². The Morgan fingerprint density at radius 2 is 1.93 bits per heavy atom. The molecule has 1 fully saturated rings. The van der Waals surface area contributed by atoms with Crippen molar-refractivity contribution < 1.29 is 9.18 Å². The van der Waals surface area contributed by atoms with Crippen LogP contribution in [0.2, 0.25) is 0 Å². The molecule has 1 aliphatic rings. The van der Waals surface area contributed by atoms with Gasteiger partial charge in [-0.3, -0.25) is 4.79 Å². The molecule has 15 heavy (non-hydrogen) atoms. The number of nitrogens with zero attached hydrogens (tertiary/aromatic N) is 1. The van der Waals surface area contributed by atoms with Crippen LogP contribution in [-0.2, 0) is 4.79 Å². The zero-order valence-electron chi connectivity index (χ0n) is 9.74. The summed E-state index contributed by atoms with van der Waals surface area (Å²) < 4.78 is 13.7. The SMILES string of the molecule is C=C[C@@H](C)[C@@H](F)C(=O)N1[C@H](C)CC[C@H]1C. The van der Waals surface area contributed by atoms with E-state index in [1.165, 1.54) is 6.08 Å². The second-order valence-corrected chi connectivity index (χ2v) is 4.52. The molecule has 1 rings (SSSR count). The number of alkyl halides is 1. The number of allylic oxidation sites excluding steroid dienone is 1. The average molecular weight is 213 g/mol. The fraction of sp³-hybridized carbons (Fsp3) is 0.750. The Balaban J connectivity index is 2.70. The minimum Gasteiger partial charge on any atom is -0.335 e. The van der Waals surface area contributed by atoms with Crippen LogP contribution in [-0.4, -0.2) is 29.1 Å². The molecule has 0 unspecified atom stereocenters. The number of halogens is 1. The van der Waals surface area contributed by atoms with E-state index in [1.807, 2.05) is 13.8 Å². The molecule has 1 aliphatic heterocycles. The predicted octanol–water partition coefficient (Wildman–Crippen LogP) is 2.55. The van der Waals surface area contributed by atoms with Crippen molar-refractivity contribution in [2.45, 2.75) is 51.9 Å². The van der Waals surface area contributed by atoms with Gasteiger partial charge in [-0.25, -0.2) is 4.39 Å². The number of hydrogen-bond acceptors (Lipinski definition) is 1. The van der Waals surface area contributed by atoms with Gasteiger partial charge in [-0.1, -0.05) is 13.0 Å². The fourth-order valence-corrected chi connectivity index (χ4v) is 2.12. The number of likely N-dealkylation sites (tertiary alicyclic amines) is 1. The first-order chi connectivity index (χ1) is 6.99. The summed E-state index contributed by atoms with van der Waals surface area (Å²) in [6.45, 7) is 9.16. The Hall–Kier alpha value is -0.860. The molecule has 1 amide bonds. The van der Waals surface area contributed by atoms with Gasteiger partial charge >= 0.3 is 0 Å². The molecular formula is C12H20FNO. The third-order valence-corrected chi connectivity index (χ3v) is 3.28. The largest absolute Gasteiger partial charge is 0.335 e. The minimum atomic E-state index is -1.44. The summed E-state index contributed by atoms with van der Waals surface area (Å²) in [4.78, 5) is 13.6. The van der Waals surface area contributed by atoms with Gasteiger partial charge in [0, 0.05) is 18.0 Å². The molecule has 0 aromatic rings. The van der Waals surface area contributed by atoms with Crippen molar-refractivity contribution in [1.29, 1.82) is 0 Å². The summed E-state index contributed by atoms with van der Waals surface area (Å²) in [5.74, 6) is -0.780. The number of carbonyl (C=O) groups excluding carboxylic acids is 1. The number of carbonyl (C=O) groups is 1. The van der Waals surface area contributed by atoms with E-state index in [4.69, 9.17) is 0 Å². The topological polar surface area (TPSA) is 20.3 Å². The first-order valence-corrected chi connectivity index (χ1v) is 5.57. The smallest absolute Gasteiger partial charge is 0.258 e. The molecule has 0 radical (unpaired) electrons. The standard InChI is InChI=1S/C12H20FNO/c1-5-8(2)11(13)12(15)14-9(3)6-7-10(14)4/h5,8-11H,1,6-7H2,2-4H3/t8-,9-,10-,11-/m1/s1. The Morgan fingerprint density at radius 3 is 2.33 bits per heavy atom. The molecule has 0 aliphatic carbocycles. The Bertz CT molecular complexity index is 244. The van der Waals surface area contributed by atoms with Gasteiger partial charge in [0.05, 0.1) is 0 Å². The van der Waals surface area contributed by atoms with Gasteiger partial charge in [-0.05, 0) is 26.7 Å². The van der Waals surface area contributed by atoms with Gasteiger partial charge in [0.1, 0.15) is 0 Å². The molecule has 1 saturated heterocycles. The van der Waals surface area contributed by atoms with Crippen LogP contribution >= 0.6 is 0 Å². The average Bonchev–Trinajstić information content (AvgIpc) is 2.55. The predicted molar refractivity (Wildman–Crippen MR) is 59.3 cm³/mol. The van der Waals surface area contributed by atoms with E-state index >= 15 is 0 Å². The van der Waals surface area contributed by atoms with Crippen molar-refractivity contribution in [3.8, 4) is 0 Å². The van der Waals surface area contributed by atoms with E-state index in [-0.39, 0.29) is 18.0 Å². The molecule has 86 valence electrons. The van der Waals surface area contributed by atoms with E-state index in [2.05, 4.69) is 6.58 Å². The van der Waals surface area contributed by atoms with Crippen molar-refractivity contribution >= 4 is 5.91 Å². The third kappa shape index (κ3) is 2.39. The first-order valence-electron chi connectivity index (χ1n) is 5.57. The van der Waals surface area contributed by atoms with E-state index in [9.17, 15) is 9.18 Å². The van der Waals surface area contributed by atoms with Gasteiger partial charge in [-0.2, -0.15) is 0 Å². The van der Waals surface area contributed by atoms with Crippen LogP contribution in [0.15, 0.2) is 12.7 Å². The normalized spacial score (nSPS) is 30.0. The van der Waals surface area contributed by atoms with Gasteiger partial charge in [0.2, 0.25) is 0 Å². The molecule has 0 aromatic carbocycles. The summed E-state index contributed by atoms with van der Waals surface area (Å²) in [6.07, 6.45) is 2.00. The van der Waals surface area contributed by atoms with E-state index < -0.39 is 12.1 Å². The highest BCUT2D eigenvalue weighted by atomic mass is 19.1. The van der Waals surface area contributed by atoms with Crippen LogP contribution in [0.25, 0.3) is 0 Å². The minimum absolute atomic E-state index is 0.169. The molecule has 3 heteroatoms. The van der Waals surface area contributed by atoms with Crippen molar-refractivity contribution in [2.24, 2.45) is 5.92 Å². The van der Waals surface area contributed by atoms with Crippen molar-refractivity contribution in [3.05, 3.63) is 12.7 Å². The second kappa shape index (κ2) is 4.77. The molecule has 0 N–H and O–H groups in total. The summed E-state index contributed by atoms with van der Waals surface area (Å²) in [5, 5.41) is 0. The fourth-order valence-electron chi connectivity index (χ4n) is 2.12. The lowest BCUT2D eigenvalue weighted by Crippen LogP contribution is -2.44. The zero-order valence-corrected chi connectivity index (χ0v) is 9.74. The van der Waals surface area contributed by atoms with Crippen LogP contribution < -0.4 is 0 Å². The van der Waals surface area contributed by atoms with Crippen molar-refractivity contribution in [1.82, 2.24) is 4.90 Å². The lowest BCUT2D eigenvalue weighted by Gasteiger charge is -2.29. The lowest BCUT2D eigenvalue weighted by atomic mass is 10.0. The number of amides is 1. The molecular weight excluding hydrogens is 193 g/mol. The highest BCUT2D eigenvalue weighted by molar-refractivity contribution is 5.82. The van der Waals surface area contributed by atoms with E-state index in [0.717, 1.165) is 12.8 Å². The van der Waals surface area contributed by atoms with Gasteiger partial charge < -0.3 is 4.90 Å². The van der Waals surface area contributed by atoms with Crippen LogP contribution in [0, 0.1) is 5.92 Å². The number of hydrogen-bond donors (Lipinski definition) is 0. The maximum atomic E-state index is 13.7. The quantitative estimate of drug-likeness (QED) is 0.660.